The number of aromatic nitrogens is 12. The van der Waals surface area contributed by atoms with Crippen molar-refractivity contribution in [3.8, 4) is 33.8 Å². The van der Waals surface area contributed by atoms with Crippen LogP contribution in [-0.2, 0) is 16.1 Å². The molecule has 0 spiro atoms. The predicted octanol–water partition coefficient (Wildman–Crippen LogP) is 13.5. The molecule has 25 heteroatoms. The second-order valence-electron chi connectivity index (χ2n) is 25.8. The van der Waals surface area contributed by atoms with Gasteiger partial charge in [0.1, 0.15) is 23.3 Å². The van der Waals surface area contributed by atoms with Gasteiger partial charge in [0.25, 0.3) is 23.6 Å². The zero-order chi connectivity index (χ0) is 73.3. The lowest BCUT2D eigenvalue weighted by Crippen LogP contribution is -2.42. The lowest BCUT2D eigenvalue weighted by Gasteiger charge is -2.10. The molecular formula is C82H68FN17O7. The Labute approximate surface area is 608 Å². The maximum Gasteiger partial charge on any atom is 0.270 e. The maximum atomic E-state index is 13.2. The molecule has 1 saturated carbocycles. The van der Waals surface area contributed by atoms with Crippen LogP contribution in [0, 0.1) is 5.82 Å². The Hall–Kier alpha value is -13.9. The van der Waals surface area contributed by atoms with E-state index < -0.39 is 17.9 Å². The van der Waals surface area contributed by atoms with Crippen LogP contribution in [0.4, 0.5) is 4.39 Å². The van der Waals surface area contributed by atoms with E-state index in [0.717, 1.165) is 93.0 Å². The molecule has 0 radical (unpaired) electrons. The number of hydrogen-bond donors (Lipinski definition) is 9. The lowest BCUT2D eigenvalue weighted by atomic mass is 10.0. The van der Waals surface area contributed by atoms with E-state index in [1.165, 1.54) is 53.0 Å². The zero-order valence-corrected chi connectivity index (χ0v) is 57.5. The van der Waals surface area contributed by atoms with Crippen LogP contribution in [0.25, 0.3) is 122 Å². The molecule has 24 nitrogen and oxygen atoms in total. The quantitative estimate of drug-likeness (QED) is 0.0434. The monoisotopic (exact) mass is 1420 g/mol. The van der Waals surface area contributed by atoms with Crippen LogP contribution in [-0.4, -0.2) is 122 Å². The highest BCUT2D eigenvalue weighted by Gasteiger charge is 2.25. The first-order valence-corrected chi connectivity index (χ1v) is 34.7. The van der Waals surface area contributed by atoms with Crippen molar-refractivity contribution in [1.82, 2.24) is 82.0 Å². The summed E-state index contributed by atoms with van der Waals surface area (Å²) in [5, 5.41) is 50.5. The van der Waals surface area contributed by atoms with Crippen molar-refractivity contribution < 1.29 is 37.5 Å². The number of ether oxygens (including phenoxy) is 1. The Morgan fingerprint density at radius 2 is 1.06 bits per heavy atom. The number of furan rings is 1. The number of nitrogens with one attached hydrogen (secondary N) is 8. The van der Waals surface area contributed by atoms with E-state index in [9.17, 15) is 28.4 Å². The number of halogens is 1. The smallest absolute Gasteiger partial charge is 0.270 e. The summed E-state index contributed by atoms with van der Waals surface area (Å²) < 4.78 is 24.1. The van der Waals surface area contributed by atoms with Gasteiger partial charge in [0.2, 0.25) is 5.91 Å². The van der Waals surface area contributed by atoms with Gasteiger partial charge in [-0.2, -0.15) is 20.4 Å². The summed E-state index contributed by atoms with van der Waals surface area (Å²) in [5.41, 5.74) is 16.2. The summed E-state index contributed by atoms with van der Waals surface area (Å²) in [6.45, 7) is 3.12. The fourth-order valence-corrected chi connectivity index (χ4v) is 12.4. The number of carbonyl (C=O) groups is 5. The number of benzene rings is 7. The number of H-pyrrole nitrogens is 4. The second-order valence-corrected chi connectivity index (χ2v) is 25.8. The molecule has 16 aromatic rings. The molecule has 10 N–H and O–H groups in total. The van der Waals surface area contributed by atoms with Crippen LogP contribution in [0.15, 0.2) is 224 Å². The number of nitrogens with two attached hydrogens (primary N) is 1. The van der Waals surface area contributed by atoms with Crippen LogP contribution in [0.2, 0.25) is 0 Å². The van der Waals surface area contributed by atoms with Gasteiger partial charge in [-0.3, -0.25) is 44.4 Å². The summed E-state index contributed by atoms with van der Waals surface area (Å²) >= 11 is 0. The van der Waals surface area contributed by atoms with Crippen LogP contribution < -0.4 is 27.0 Å². The van der Waals surface area contributed by atoms with Crippen LogP contribution in [0.3, 0.4) is 0 Å². The van der Waals surface area contributed by atoms with E-state index in [-0.39, 0.29) is 35.3 Å². The Balaban J connectivity index is 0.000000114. The topological polar surface area (TPSA) is 348 Å². The molecule has 530 valence electrons. The van der Waals surface area contributed by atoms with Crippen molar-refractivity contribution in [1.29, 1.82) is 0 Å². The van der Waals surface area contributed by atoms with Gasteiger partial charge in [-0.15, -0.1) is 0 Å². The number of fused-ring (bicyclic) bond motifs is 7. The van der Waals surface area contributed by atoms with Gasteiger partial charge in [0.15, 0.2) is 16.9 Å². The van der Waals surface area contributed by atoms with Gasteiger partial charge >= 0.3 is 0 Å². The molecule has 7 aromatic carbocycles. The first-order chi connectivity index (χ1) is 52.3. The Morgan fingerprint density at radius 3 is 1.55 bits per heavy atom. The molecule has 1 unspecified atom stereocenters. The van der Waals surface area contributed by atoms with Gasteiger partial charge in [0.05, 0.1) is 70.1 Å². The highest BCUT2D eigenvalue weighted by Crippen LogP contribution is 2.33. The predicted molar refractivity (Wildman–Crippen MR) is 408 cm³/mol. The van der Waals surface area contributed by atoms with Crippen molar-refractivity contribution in [2.24, 2.45) is 5.73 Å². The van der Waals surface area contributed by atoms with E-state index in [1.807, 2.05) is 66.7 Å². The maximum absolute atomic E-state index is 13.2. The average molecular weight is 1420 g/mol. The first-order valence-electron chi connectivity index (χ1n) is 34.7. The summed E-state index contributed by atoms with van der Waals surface area (Å²) in [6, 6.07) is 59.7. The third-order valence-corrected chi connectivity index (χ3v) is 18.3. The summed E-state index contributed by atoms with van der Waals surface area (Å²) in [5.74, 6) is -1.20. The van der Waals surface area contributed by atoms with Gasteiger partial charge in [0, 0.05) is 76.0 Å². The zero-order valence-electron chi connectivity index (χ0n) is 57.5. The summed E-state index contributed by atoms with van der Waals surface area (Å²) in [4.78, 5) is 77.7. The third-order valence-electron chi connectivity index (χ3n) is 18.3. The van der Waals surface area contributed by atoms with Crippen molar-refractivity contribution in [3.63, 3.8) is 0 Å². The summed E-state index contributed by atoms with van der Waals surface area (Å²) in [6.07, 6.45) is 15.5. The fraction of sp³-hybridized carbons (Fsp3) is 0.134. The number of nitrogens with zero attached hydrogens (tertiary/aromatic N) is 8. The number of hydrogen-bond acceptors (Lipinski definition) is 15. The normalized spacial score (nSPS) is 13.6. The highest BCUT2D eigenvalue weighted by atomic mass is 19.1. The number of amides is 5. The van der Waals surface area contributed by atoms with Crippen LogP contribution in [0.5, 0.6) is 0 Å². The first kappa shape index (κ1) is 68.8. The molecule has 0 bridgehead atoms. The van der Waals surface area contributed by atoms with E-state index in [2.05, 4.69) is 167 Å². The molecular weight excluding hydrogens is 1350 g/mol. The molecule has 9 aromatic heterocycles. The largest absolute Gasteiger partial charge is 0.467 e. The van der Waals surface area contributed by atoms with E-state index in [0.29, 0.717) is 80.7 Å². The molecule has 1 saturated heterocycles. The minimum absolute atomic E-state index is 0.0671. The Kier molecular flexibility index (Phi) is 19.9. The molecule has 2 aliphatic rings. The SMILES string of the molecule is C[C@H](NC(=O)c1cc2c(/C=C/c3cccc(F)c3)n[nH]c2cn1)C(N)=O.O=C(NC1CC1)c1cnc2n[nH]c(-c3ccc4ccccc4c3)c2c1.O=C(NCC1CCCO1)c1cnc2n[nH]c(-c3ccc4ccccc4c3)c2c1.O=C(NCc1ccco1)c1cnc2n[nH]c(-c3ccc4ccccc4c3)c2c1. The van der Waals surface area contributed by atoms with Gasteiger partial charge in [-0.05, 0) is 143 Å². The van der Waals surface area contributed by atoms with E-state index in [1.54, 1.807) is 55.1 Å². The molecule has 2 fully saturated rings. The van der Waals surface area contributed by atoms with Crippen LogP contribution in [0.1, 0.15) is 91.2 Å². The fourth-order valence-electron chi connectivity index (χ4n) is 12.4. The van der Waals surface area contributed by atoms with Gasteiger partial charge in [-0.25, -0.2) is 24.3 Å². The number of aromatic amines is 4. The number of primary amides is 1. The van der Waals surface area contributed by atoms with Crippen molar-refractivity contribution in [2.45, 2.75) is 57.3 Å². The molecule has 107 heavy (non-hydrogen) atoms. The molecule has 1 aliphatic heterocycles. The second kappa shape index (κ2) is 30.9. The molecule has 18 rings (SSSR count). The molecule has 10 heterocycles. The number of carbonyl (C=O) groups excluding carboxylic acids is 5. The van der Waals surface area contributed by atoms with Crippen LogP contribution >= 0.6 is 0 Å². The standard InChI is InChI=1S/C22H20N4O2.C22H16N4O2.C20H16N4O.C18H16FN5O2/c2*27-22(24-13-18-6-3-9-28-18)17-11-19-20(25-26-21(19)23-12-17)16-8-7-14-4-1-2-5-15(14)10-16;25-20(22-16-7-8-16)15-10-17-18(23-24-19(17)21-11-15)14-6-5-12-3-1-2-4-13(12)9-14;1-10(17(20)25)22-18(26)15-8-13-14(23-24-16(13)9-21-15)6-5-11-3-2-4-12(19)7-11/h1-2,4-5,7-8,10-12,18H,3,6,9,13H2,(H,24,27)(H,23,25,26);1-12H,13H2,(H,24,27)(H,23,25,26);1-6,9-11,16H,7-8H2,(H,22,25)(H,21,23,24);2-10H,1H3,(H2,20,25)(H,22,26)(H,23,24)/b;;;6-5+/t;;;10-/m...0/s1. The Bertz CT molecular complexity index is 6040. The lowest BCUT2D eigenvalue weighted by molar-refractivity contribution is -0.119. The average Bonchev–Trinajstić information content (AvgIpc) is 1.66. The molecule has 5 amide bonds. The molecule has 2 atom stereocenters. The minimum Gasteiger partial charge on any atom is -0.467 e. The highest BCUT2D eigenvalue weighted by molar-refractivity contribution is 6.05. The number of rotatable bonds is 16. The van der Waals surface area contributed by atoms with Crippen molar-refractivity contribution in [3.05, 3.63) is 264 Å². The third kappa shape index (κ3) is 16.0. The van der Waals surface area contributed by atoms with E-state index >= 15 is 0 Å². The Morgan fingerprint density at radius 1 is 0.523 bits per heavy atom. The van der Waals surface area contributed by atoms with Crippen molar-refractivity contribution >= 4 is 118 Å². The van der Waals surface area contributed by atoms with E-state index in [4.69, 9.17) is 14.9 Å². The summed E-state index contributed by atoms with van der Waals surface area (Å²) in [7, 11) is 0. The minimum atomic E-state index is -0.809. The van der Waals surface area contributed by atoms with Gasteiger partial charge < -0.3 is 36.2 Å². The van der Waals surface area contributed by atoms with Gasteiger partial charge in [-0.1, -0.05) is 127 Å². The number of pyridine rings is 4. The van der Waals surface area contributed by atoms with Crippen molar-refractivity contribution in [2.75, 3.05) is 13.2 Å². The molecule has 1 aliphatic carbocycles.